The number of rotatable bonds is 22. The lowest BCUT2D eigenvalue weighted by Gasteiger charge is -2.14. The lowest BCUT2D eigenvalue weighted by molar-refractivity contribution is -0.143. The zero-order valence-electron chi connectivity index (χ0n) is 23.1. The van der Waals surface area contributed by atoms with Crippen LogP contribution in [0.5, 0.6) is 11.5 Å². The predicted octanol–water partition coefficient (Wildman–Crippen LogP) is 5.87. The number of hydrogen-bond acceptors (Lipinski definition) is 6. The minimum Gasteiger partial charge on any atom is -0.490 e. The van der Waals surface area contributed by atoms with Crippen molar-refractivity contribution in [2.45, 2.75) is 91.4 Å². The fourth-order valence-corrected chi connectivity index (χ4v) is 3.78. The van der Waals surface area contributed by atoms with Gasteiger partial charge in [-0.25, -0.2) is 0 Å². The van der Waals surface area contributed by atoms with Crippen LogP contribution in [0.2, 0.25) is 0 Å². The van der Waals surface area contributed by atoms with Crippen LogP contribution < -0.4 is 14.8 Å². The first-order valence-electron chi connectivity index (χ1n) is 13.8. The van der Waals surface area contributed by atoms with Gasteiger partial charge < -0.3 is 24.3 Å². The molecule has 0 fully saturated rings. The zero-order chi connectivity index (χ0) is 26.4. The number of carbonyl (C=O) groups is 2. The summed E-state index contributed by atoms with van der Waals surface area (Å²) in [6, 6.07) is 6.12. The lowest BCUT2D eigenvalue weighted by Crippen LogP contribution is -2.29. The van der Waals surface area contributed by atoms with Crippen LogP contribution in [-0.4, -0.2) is 52.0 Å². The molecule has 1 aromatic carbocycles. The van der Waals surface area contributed by atoms with Gasteiger partial charge in [0.1, 0.15) is 0 Å². The summed E-state index contributed by atoms with van der Waals surface area (Å²) in [6.45, 7) is 8.78. The van der Waals surface area contributed by atoms with E-state index in [-0.39, 0.29) is 17.8 Å². The number of amides is 1. The van der Waals surface area contributed by atoms with Crippen LogP contribution in [-0.2, 0) is 25.5 Å². The van der Waals surface area contributed by atoms with Gasteiger partial charge in [-0.2, -0.15) is 0 Å². The number of aryl methyl sites for hydroxylation is 1. The fourth-order valence-electron chi connectivity index (χ4n) is 3.78. The summed E-state index contributed by atoms with van der Waals surface area (Å²) >= 11 is 0. The molecule has 7 heteroatoms. The van der Waals surface area contributed by atoms with E-state index in [1.807, 2.05) is 13.0 Å². The second kappa shape index (κ2) is 20.9. The van der Waals surface area contributed by atoms with Crippen molar-refractivity contribution in [3.63, 3.8) is 0 Å². The molecule has 1 rings (SSSR count). The third-order valence-electron chi connectivity index (χ3n) is 5.98. The Morgan fingerprint density at radius 2 is 1.64 bits per heavy atom. The first-order valence-corrected chi connectivity index (χ1v) is 13.8. The van der Waals surface area contributed by atoms with Crippen molar-refractivity contribution < 1.29 is 28.5 Å². The number of ether oxygens (including phenoxy) is 4. The van der Waals surface area contributed by atoms with E-state index in [9.17, 15) is 9.59 Å². The highest BCUT2D eigenvalue weighted by Gasteiger charge is 2.12. The first kappa shape index (κ1) is 31.7. The summed E-state index contributed by atoms with van der Waals surface area (Å²) in [7, 11) is 1.68. The highest BCUT2D eigenvalue weighted by molar-refractivity contribution is 5.78. The van der Waals surface area contributed by atoms with Gasteiger partial charge in [-0.05, 0) is 56.7 Å². The van der Waals surface area contributed by atoms with E-state index in [0.29, 0.717) is 45.0 Å². The van der Waals surface area contributed by atoms with Gasteiger partial charge in [0.15, 0.2) is 11.5 Å². The van der Waals surface area contributed by atoms with Gasteiger partial charge >= 0.3 is 5.97 Å². The molecule has 1 amide bonds. The SMILES string of the molecule is CCCCNC(=O)[C@H](C)CCCCCCc1ccc(OCCCC(=O)OCC)c(OCCCOC)c1. The number of carbonyl (C=O) groups excluding carboxylic acids is 2. The molecule has 206 valence electrons. The Morgan fingerprint density at radius 3 is 2.39 bits per heavy atom. The van der Waals surface area contributed by atoms with E-state index >= 15 is 0 Å². The second-order valence-electron chi connectivity index (χ2n) is 9.23. The predicted molar refractivity (Wildman–Crippen MR) is 144 cm³/mol. The van der Waals surface area contributed by atoms with Gasteiger partial charge in [-0.15, -0.1) is 0 Å². The van der Waals surface area contributed by atoms with Crippen molar-refractivity contribution in [1.29, 1.82) is 0 Å². The molecule has 0 spiro atoms. The summed E-state index contributed by atoms with van der Waals surface area (Å²) in [5.74, 6) is 1.51. The third-order valence-corrected chi connectivity index (χ3v) is 5.98. The number of esters is 1. The van der Waals surface area contributed by atoms with Gasteiger partial charge in [-0.1, -0.05) is 45.6 Å². The maximum absolute atomic E-state index is 12.1. The molecule has 0 radical (unpaired) electrons. The van der Waals surface area contributed by atoms with E-state index in [1.54, 1.807) is 14.0 Å². The van der Waals surface area contributed by atoms with Crippen LogP contribution in [0.25, 0.3) is 0 Å². The molecule has 36 heavy (non-hydrogen) atoms. The third kappa shape index (κ3) is 15.0. The molecule has 1 aromatic rings. The standard InChI is InChI=1S/C29H49NO6/c1-5-7-19-30-29(32)24(3)14-10-8-9-11-15-25-17-18-26(27(23-25)36-22-13-20-33-4)35-21-12-16-28(31)34-6-2/h17-18,23-24H,5-16,19-22H2,1-4H3,(H,30,32)/t24-/m1/s1. The lowest BCUT2D eigenvalue weighted by atomic mass is 10.00. The topological polar surface area (TPSA) is 83.1 Å². The summed E-state index contributed by atoms with van der Waals surface area (Å²) in [4.78, 5) is 23.6. The van der Waals surface area contributed by atoms with Crippen molar-refractivity contribution in [2.75, 3.05) is 40.1 Å². The molecule has 0 saturated carbocycles. The second-order valence-corrected chi connectivity index (χ2v) is 9.23. The molecule has 0 aliphatic carbocycles. The van der Waals surface area contributed by atoms with Crippen LogP contribution in [0.3, 0.4) is 0 Å². The minimum atomic E-state index is -0.197. The summed E-state index contributed by atoms with van der Waals surface area (Å²) in [5, 5.41) is 3.03. The fraction of sp³-hybridized carbons (Fsp3) is 0.724. The maximum atomic E-state index is 12.1. The summed E-state index contributed by atoms with van der Waals surface area (Å²) < 4.78 is 22.0. The van der Waals surface area contributed by atoms with Crippen LogP contribution in [0, 0.1) is 5.92 Å². The molecular formula is C29H49NO6. The van der Waals surface area contributed by atoms with E-state index in [4.69, 9.17) is 18.9 Å². The van der Waals surface area contributed by atoms with Crippen LogP contribution in [0.1, 0.15) is 90.5 Å². The van der Waals surface area contributed by atoms with Crippen molar-refractivity contribution in [1.82, 2.24) is 5.32 Å². The van der Waals surface area contributed by atoms with Gasteiger partial charge in [0, 0.05) is 39.0 Å². The molecule has 1 N–H and O–H groups in total. The van der Waals surface area contributed by atoms with Gasteiger partial charge in [0.25, 0.3) is 0 Å². The van der Waals surface area contributed by atoms with Gasteiger partial charge in [-0.3, -0.25) is 9.59 Å². The highest BCUT2D eigenvalue weighted by atomic mass is 16.5. The number of nitrogens with one attached hydrogen (secondary N) is 1. The largest absolute Gasteiger partial charge is 0.490 e. The maximum Gasteiger partial charge on any atom is 0.305 e. The Labute approximate surface area is 218 Å². The number of unbranched alkanes of at least 4 members (excludes halogenated alkanes) is 4. The number of methoxy groups -OCH3 is 1. The minimum absolute atomic E-state index is 0.0875. The highest BCUT2D eigenvalue weighted by Crippen LogP contribution is 2.29. The summed E-state index contributed by atoms with van der Waals surface area (Å²) in [6.07, 6.45) is 10.3. The van der Waals surface area contributed by atoms with Gasteiger partial charge in [0.05, 0.1) is 19.8 Å². The zero-order valence-corrected chi connectivity index (χ0v) is 23.1. The molecule has 7 nitrogen and oxygen atoms in total. The van der Waals surface area contributed by atoms with E-state index in [1.165, 1.54) is 5.56 Å². The molecule has 0 unspecified atom stereocenters. The molecular weight excluding hydrogens is 458 g/mol. The average molecular weight is 508 g/mol. The Balaban J connectivity index is 2.43. The smallest absolute Gasteiger partial charge is 0.305 e. The molecule has 0 saturated heterocycles. The molecule has 0 bridgehead atoms. The molecule has 0 aliphatic heterocycles. The Kier molecular flexibility index (Phi) is 18.4. The van der Waals surface area contributed by atoms with Crippen molar-refractivity contribution >= 4 is 11.9 Å². The normalized spacial score (nSPS) is 11.7. The first-order chi connectivity index (χ1) is 17.5. The summed E-state index contributed by atoms with van der Waals surface area (Å²) in [5.41, 5.74) is 1.22. The average Bonchev–Trinajstić information content (AvgIpc) is 2.87. The van der Waals surface area contributed by atoms with Gasteiger partial charge in [0.2, 0.25) is 5.91 Å². The van der Waals surface area contributed by atoms with E-state index < -0.39 is 0 Å². The molecule has 0 aromatic heterocycles. The Morgan fingerprint density at radius 1 is 0.889 bits per heavy atom. The Bertz CT molecular complexity index is 724. The van der Waals surface area contributed by atoms with Crippen LogP contribution in [0.4, 0.5) is 0 Å². The Hall–Kier alpha value is -2.28. The van der Waals surface area contributed by atoms with Crippen LogP contribution >= 0.6 is 0 Å². The van der Waals surface area contributed by atoms with E-state index in [0.717, 1.165) is 70.1 Å². The van der Waals surface area contributed by atoms with Crippen molar-refractivity contribution in [2.24, 2.45) is 5.92 Å². The van der Waals surface area contributed by atoms with Crippen molar-refractivity contribution in [3.05, 3.63) is 23.8 Å². The van der Waals surface area contributed by atoms with Crippen LogP contribution in [0.15, 0.2) is 18.2 Å². The van der Waals surface area contributed by atoms with E-state index in [2.05, 4.69) is 24.4 Å². The molecule has 1 atom stereocenters. The molecule has 0 aliphatic rings. The number of hydrogen-bond donors (Lipinski definition) is 1. The quantitative estimate of drug-likeness (QED) is 0.156. The number of benzene rings is 1. The molecule has 0 heterocycles. The van der Waals surface area contributed by atoms with Crippen molar-refractivity contribution in [3.8, 4) is 11.5 Å². The monoisotopic (exact) mass is 507 g/mol.